The smallest absolute Gasteiger partial charge is 0.253 e. The number of hydrogen-bond acceptors (Lipinski definition) is 2. The summed E-state index contributed by atoms with van der Waals surface area (Å²) in [7, 11) is 2.14. The van der Waals surface area contributed by atoms with Gasteiger partial charge in [-0.2, -0.15) is 0 Å². The molecule has 19 heavy (non-hydrogen) atoms. The number of nitrogens with zero attached hydrogens (tertiary/aromatic N) is 2. The zero-order chi connectivity index (χ0) is 13.4. The van der Waals surface area contributed by atoms with Crippen molar-refractivity contribution in [1.82, 2.24) is 4.90 Å². The first-order valence-corrected chi connectivity index (χ1v) is 7.28. The maximum absolute atomic E-state index is 12.4. The molecule has 3 nitrogen and oxygen atoms in total. The van der Waals surface area contributed by atoms with Gasteiger partial charge in [0.25, 0.3) is 5.91 Å². The largest absolute Gasteiger partial charge is 0.374 e. The molecule has 0 radical (unpaired) electrons. The average molecular weight is 258 g/mol. The lowest BCUT2D eigenvalue weighted by molar-refractivity contribution is 0.0792. The van der Waals surface area contributed by atoms with Crippen molar-refractivity contribution in [1.29, 1.82) is 0 Å². The summed E-state index contributed by atoms with van der Waals surface area (Å²) in [6.45, 7) is 5.22. The van der Waals surface area contributed by atoms with Gasteiger partial charge >= 0.3 is 0 Å². The molecule has 2 aliphatic rings. The van der Waals surface area contributed by atoms with Gasteiger partial charge in [0.05, 0.1) is 0 Å². The van der Waals surface area contributed by atoms with Crippen molar-refractivity contribution in [2.75, 3.05) is 31.6 Å². The normalized spacial score (nSPS) is 22.5. The molecule has 1 atom stereocenters. The van der Waals surface area contributed by atoms with E-state index in [9.17, 15) is 4.79 Å². The van der Waals surface area contributed by atoms with Crippen molar-refractivity contribution in [2.45, 2.75) is 26.2 Å². The Hall–Kier alpha value is -1.51. The fourth-order valence-corrected chi connectivity index (χ4v) is 3.36. The molecule has 0 aliphatic carbocycles. The zero-order valence-corrected chi connectivity index (χ0v) is 11.9. The molecule has 0 unspecified atom stereocenters. The number of benzene rings is 1. The highest BCUT2D eigenvalue weighted by atomic mass is 16.2. The third-order valence-electron chi connectivity index (χ3n) is 4.28. The molecular weight excluding hydrogens is 236 g/mol. The van der Waals surface area contributed by atoms with Gasteiger partial charge in [0.2, 0.25) is 0 Å². The van der Waals surface area contributed by atoms with Crippen molar-refractivity contribution < 1.29 is 4.79 Å². The van der Waals surface area contributed by atoms with Crippen molar-refractivity contribution >= 4 is 11.6 Å². The lowest BCUT2D eigenvalue weighted by Crippen LogP contribution is -2.32. The Morgan fingerprint density at radius 2 is 2.00 bits per heavy atom. The van der Waals surface area contributed by atoms with Crippen LogP contribution in [0, 0.1) is 5.92 Å². The van der Waals surface area contributed by atoms with Gasteiger partial charge in [0.15, 0.2) is 0 Å². The Kier molecular flexibility index (Phi) is 3.21. The highest BCUT2D eigenvalue weighted by Gasteiger charge is 2.23. The van der Waals surface area contributed by atoms with Crippen LogP contribution in [0.2, 0.25) is 0 Å². The number of hydrogen-bond donors (Lipinski definition) is 0. The predicted molar refractivity (Wildman–Crippen MR) is 77.7 cm³/mol. The summed E-state index contributed by atoms with van der Waals surface area (Å²) in [4.78, 5) is 16.7. The molecule has 0 spiro atoms. The first kappa shape index (κ1) is 12.5. The van der Waals surface area contributed by atoms with E-state index in [2.05, 4.69) is 31.0 Å². The van der Waals surface area contributed by atoms with E-state index in [4.69, 9.17) is 0 Å². The highest BCUT2D eigenvalue weighted by Crippen LogP contribution is 2.29. The lowest BCUT2D eigenvalue weighted by atomic mass is 9.93. The van der Waals surface area contributed by atoms with Gasteiger partial charge in [0, 0.05) is 37.9 Å². The maximum atomic E-state index is 12.4. The summed E-state index contributed by atoms with van der Waals surface area (Å²) in [6, 6.07) is 6.22. The van der Waals surface area contributed by atoms with E-state index in [1.807, 2.05) is 11.0 Å². The van der Waals surface area contributed by atoms with Crippen LogP contribution in [0.25, 0.3) is 0 Å². The molecule has 1 amide bonds. The molecule has 102 valence electrons. The van der Waals surface area contributed by atoms with Crippen LogP contribution in [0.4, 0.5) is 5.69 Å². The van der Waals surface area contributed by atoms with E-state index >= 15 is 0 Å². The molecule has 3 heteroatoms. The van der Waals surface area contributed by atoms with Crippen molar-refractivity contribution in [2.24, 2.45) is 5.92 Å². The zero-order valence-electron chi connectivity index (χ0n) is 11.9. The van der Waals surface area contributed by atoms with Gasteiger partial charge in [0.1, 0.15) is 0 Å². The van der Waals surface area contributed by atoms with Crippen molar-refractivity contribution in [3.05, 3.63) is 29.3 Å². The fraction of sp³-hybridized carbons (Fsp3) is 0.562. The van der Waals surface area contributed by atoms with E-state index in [0.717, 1.165) is 44.5 Å². The minimum atomic E-state index is 0.209. The van der Waals surface area contributed by atoms with E-state index < -0.39 is 0 Å². The van der Waals surface area contributed by atoms with Crippen LogP contribution < -0.4 is 4.90 Å². The number of carbonyl (C=O) groups excluding carboxylic acids is 1. The summed E-state index contributed by atoms with van der Waals surface area (Å²) in [5.74, 6) is 0.871. The third kappa shape index (κ3) is 2.34. The summed E-state index contributed by atoms with van der Waals surface area (Å²) in [6.07, 6.45) is 3.38. The molecule has 1 fully saturated rings. The van der Waals surface area contributed by atoms with Crippen LogP contribution in [-0.4, -0.2) is 37.5 Å². The standard InChI is InChI=1S/C16H22N2O/c1-12-9-14-10-13(5-6-15(14)17(2)11-12)16(19)18-7-3-4-8-18/h5-6,10,12H,3-4,7-9,11H2,1-2H3/t12-/m1/s1. The molecule has 1 saturated heterocycles. The third-order valence-corrected chi connectivity index (χ3v) is 4.28. The van der Waals surface area contributed by atoms with Crippen LogP contribution >= 0.6 is 0 Å². The quantitative estimate of drug-likeness (QED) is 0.773. The maximum Gasteiger partial charge on any atom is 0.253 e. The topological polar surface area (TPSA) is 23.6 Å². The number of rotatable bonds is 1. The molecule has 2 aliphatic heterocycles. The summed E-state index contributed by atoms with van der Waals surface area (Å²) in [5.41, 5.74) is 3.48. The summed E-state index contributed by atoms with van der Waals surface area (Å²) < 4.78 is 0. The Labute approximate surface area is 115 Å². The lowest BCUT2D eigenvalue weighted by Gasteiger charge is -2.32. The van der Waals surface area contributed by atoms with Crippen LogP contribution in [0.1, 0.15) is 35.7 Å². The molecule has 2 heterocycles. The van der Waals surface area contributed by atoms with Crippen LogP contribution in [0.5, 0.6) is 0 Å². The minimum Gasteiger partial charge on any atom is -0.374 e. The molecule has 0 bridgehead atoms. The molecule has 1 aromatic rings. The second-order valence-electron chi connectivity index (χ2n) is 6.03. The van der Waals surface area contributed by atoms with Gasteiger partial charge < -0.3 is 9.80 Å². The van der Waals surface area contributed by atoms with Crippen LogP contribution in [0.3, 0.4) is 0 Å². The molecule has 0 N–H and O–H groups in total. The SMILES string of the molecule is C[C@@H]1Cc2cc(C(=O)N3CCCC3)ccc2N(C)C1. The molecule has 1 aromatic carbocycles. The summed E-state index contributed by atoms with van der Waals surface area (Å²) >= 11 is 0. The monoisotopic (exact) mass is 258 g/mol. The number of amides is 1. The Morgan fingerprint density at radius 1 is 1.26 bits per heavy atom. The summed E-state index contributed by atoms with van der Waals surface area (Å²) in [5, 5.41) is 0. The number of carbonyl (C=O) groups is 1. The second kappa shape index (κ2) is 4.87. The molecule has 0 aromatic heterocycles. The first-order valence-electron chi connectivity index (χ1n) is 7.28. The molecule has 3 rings (SSSR count). The fourth-order valence-electron chi connectivity index (χ4n) is 3.36. The molecule has 0 saturated carbocycles. The predicted octanol–water partition coefficient (Wildman–Crippen LogP) is 2.55. The van der Waals surface area contributed by atoms with Gasteiger partial charge in [-0.15, -0.1) is 0 Å². The van der Waals surface area contributed by atoms with E-state index in [1.165, 1.54) is 11.3 Å². The van der Waals surface area contributed by atoms with Crippen LogP contribution in [-0.2, 0) is 6.42 Å². The van der Waals surface area contributed by atoms with Gasteiger partial charge in [-0.1, -0.05) is 6.92 Å². The first-order chi connectivity index (χ1) is 9.15. The highest BCUT2D eigenvalue weighted by molar-refractivity contribution is 5.95. The van der Waals surface area contributed by atoms with Crippen molar-refractivity contribution in [3.63, 3.8) is 0 Å². The van der Waals surface area contributed by atoms with Gasteiger partial charge in [-0.3, -0.25) is 4.79 Å². The van der Waals surface area contributed by atoms with Gasteiger partial charge in [-0.25, -0.2) is 0 Å². The van der Waals surface area contributed by atoms with Crippen molar-refractivity contribution in [3.8, 4) is 0 Å². The van der Waals surface area contributed by atoms with E-state index in [1.54, 1.807) is 0 Å². The minimum absolute atomic E-state index is 0.209. The molecular formula is C16H22N2O. The second-order valence-corrected chi connectivity index (χ2v) is 6.03. The average Bonchev–Trinajstić information content (AvgIpc) is 2.90. The van der Waals surface area contributed by atoms with E-state index in [0.29, 0.717) is 5.92 Å². The Morgan fingerprint density at radius 3 is 2.74 bits per heavy atom. The number of likely N-dealkylation sites (tertiary alicyclic amines) is 1. The Balaban J connectivity index is 1.88. The van der Waals surface area contributed by atoms with E-state index in [-0.39, 0.29) is 5.91 Å². The Bertz CT molecular complexity index is 492. The number of anilines is 1. The van der Waals surface area contributed by atoms with Gasteiger partial charge in [-0.05, 0) is 48.9 Å². The van der Waals surface area contributed by atoms with Crippen LogP contribution in [0.15, 0.2) is 18.2 Å². The number of fused-ring (bicyclic) bond motifs is 1.